The minimum Gasteiger partial charge on any atom is -0.494 e. The fourth-order valence-corrected chi connectivity index (χ4v) is 2.84. The summed E-state index contributed by atoms with van der Waals surface area (Å²) in [6, 6.07) is 18.5. The summed E-state index contributed by atoms with van der Waals surface area (Å²) in [5.41, 5.74) is 1.19. The highest BCUT2D eigenvalue weighted by Gasteiger charge is 2.22. The molecule has 0 amide bonds. The maximum atomic E-state index is 11.0. The maximum Gasteiger partial charge on any atom is 0.330 e. The van der Waals surface area contributed by atoms with Crippen molar-refractivity contribution >= 4 is 5.97 Å². The van der Waals surface area contributed by atoms with E-state index in [4.69, 9.17) is 14.2 Å². The topological polar surface area (TPSA) is 65.0 Å². The van der Waals surface area contributed by atoms with Crippen molar-refractivity contribution in [3.05, 3.63) is 67.3 Å². The average Bonchev–Trinajstić information content (AvgIpc) is 2.77. The van der Waals surface area contributed by atoms with Crippen molar-refractivity contribution in [1.82, 2.24) is 0 Å². The molecule has 0 aliphatic heterocycles. The van der Waals surface area contributed by atoms with E-state index in [1.807, 2.05) is 30.3 Å². The predicted octanol–water partition coefficient (Wildman–Crippen LogP) is 4.79. The van der Waals surface area contributed by atoms with Crippen LogP contribution in [0.2, 0.25) is 0 Å². The first-order chi connectivity index (χ1) is 14.5. The van der Waals surface area contributed by atoms with Crippen LogP contribution in [0, 0.1) is 0 Å². The molecule has 162 valence electrons. The number of hydrogen-bond donors (Lipinski definition) is 1. The lowest BCUT2D eigenvalue weighted by Gasteiger charge is -2.22. The Bertz CT molecular complexity index is 753. The molecule has 0 aliphatic rings. The van der Waals surface area contributed by atoms with Gasteiger partial charge in [0.2, 0.25) is 0 Å². The summed E-state index contributed by atoms with van der Waals surface area (Å²) in [5, 5.41) is 10.1. The Morgan fingerprint density at radius 3 is 2.23 bits per heavy atom. The summed E-state index contributed by atoms with van der Waals surface area (Å²) in [4.78, 5) is 11.0. The molecule has 1 atom stereocenters. The minimum atomic E-state index is -1.19. The number of rotatable bonds is 14. The molecule has 0 bridgehead atoms. The van der Waals surface area contributed by atoms with Gasteiger partial charge in [0.1, 0.15) is 18.0 Å². The molecule has 30 heavy (non-hydrogen) atoms. The Labute approximate surface area is 179 Å². The number of aliphatic hydroxyl groups is 1. The smallest absolute Gasteiger partial charge is 0.330 e. The van der Waals surface area contributed by atoms with Gasteiger partial charge in [-0.1, -0.05) is 55.5 Å². The van der Waals surface area contributed by atoms with E-state index in [0.717, 1.165) is 37.5 Å². The van der Waals surface area contributed by atoms with Gasteiger partial charge in [-0.2, -0.15) is 0 Å². The second-order valence-electron chi connectivity index (χ2n) is 7.51. The maximum absolute atomic E-state index is 11.0. The summed E-state index contributed by atoms with van der Waals surface area (Å²) in [6.07, 6.45) is 5.05. The molecule has 0 aliphatic carbocycles. The molecule has 0 spiro atoms. The largest absolute Gasteiger partial charge is 0.494 e. The lowest BCUT2D eigenvalue weighted by atomic mass is 10.1. The van der Waals surface area contributed by atoms with Crippen LogP contribution in [0.1, 0.15) is 32.6 Å². The van der Waals surface area contributed by atoms with Crippen LogP contribution in [0.15, 0.2) is 67.3 Å². The molecular formula is C25H32O5. The molecule has 0 heterocycles. The number of unbranched alkanes of at least 4 members (excludes halogenated alkanes) is 3. The number of hydrogen-bond acceptors (Lipinski definition) is 5. The van der Waals surface area contributed by atoms with Crippen LogP contribution in [0.3, 0.4) is 0 Å². The van der Waals surface area contributed by atoms with Crippen LogP contribution in [-0.2, 0) is 14.3 Å². The third-order valence-corrected chi connectivity index (χ3v) is 4.52. The van der Waals surface area contributed by atoms with Gasteiger partial charge in [-0.15, -0.1) is 0 Å². The molecule has 0 aromatic heterocycles. The van der Waals surface area contributed by atoms with Crippen LogP contribution in [0.25, 0.3) is 11.1 Å². The Hall–Kier alpha value is -2.63. The molecule has 0 saturated heterocycles. The molecule has 2 aromatic carbocycles. The molecule has 1 unspecified atom stereocenters. The number of carbonyl (C=O) groups excluding carboxylic acids is 1. The van der Waals surface area contributed by atoms with E-state index in [0.29, 0.717) is 13.2 Å². The fourth-order valence-electron chi connectivity index (χ4n) is 2.84. The molecule has 1 N–H and O–H groups in total. The van der Waals surface area contributed by atoms with Crippen molar-refractivity contribution < 1.29 is 24.1 Å². The van der Waals surface area contributed by atoms with E-state index >= 15 is 0 Å². The normalized spacial score (nSPS) is 12.7. The van der Waals surface area contributed by atoms with Gasteiger partial charge in [-0.05, 0) is 49.4 Å². The molecule has 5 heteroatoms. The zero-order valence-electron chi connectivity index (χ0n) is 17.7. The molecule has 0 saturated carbocycles. The molecule has 0 radical (unpaired) electrons. The summed E-state index contributed by atoms with van der Waals surface area (Å²) >= 11 is 0. The molecule has 2 rings (SSSR count). The second kappa shape index (κ2) is 12.8. The van der Waals surface area contributed by atoms with Crippen molar-refractivity contribution in [1.29, 1.82) is 0 Å². The Morgan fingerprint density at radius 2 is 1.57 bits per heavy atom. The lowest BCUT2D eigenvalue weighted by molar-refractivity contribution is -0.148. The predicted molar refractivity (Wildman–Crippen MR) is 118 cm³/mol. The standard InChI is InChI=1S/C25H32O5/c1-3-24(26)30-20-25(2,27)19-28-17-9-4-5-10-18-29-23-15-13-22(14-16-23)21-11-7-6-8-12-21/h3,6-8,11-16,27H,1,4-5,9-10,17-20H2,2H3. The first-order valence-corrected chi connectivity index (χ1v) is 10.4. The summed E-state index contributed by atoms with van der Waals surface area (Å²) in [5.74, 6) is 0.335. The lowest BCUT2D eigenvalue weighted by Crippen LogP contribution is -2.37. The highest BCUT2D eigenvalue weighted by molar-refractivity contribution is 5.81. The van der Waals surface area contributed by atoms with Crippen LogP contribution in [0.5, 0.6) is 5.75 Å². The number of carbonyl (C=O) groups is 1. The highest BCUT2D eigenvalue weighted by Crippen LogP contribution is 2.22. The average molecular weight is 413 g/mol. The Morgan fingerprint density at radius 1 is 0.933 bits per heavy atom. The van der Waals surface area contributed by atoms with Crippen LogP contribution < -0.4 is 4.74 Å². The zero-order valence-corrected chi connectivity index (χ0v) is 17.7. The quantitative estimate of drug-likeness (QED) is 0.275. The van der Waals surface area contributed by atoms with E-state index < -0.39 is 11.6 Å². The van der Waals surface area contributed by atoms with Crippen LogP contribution in [-0.4, -0.2) is 43.1 Å². The molecular weight excluding hydrogens is 380 g/mol. The summed E-state index contributed by atoms with van der Waals surface area (Å²) in [7, 11) is 0. The first-order valence-electron chi connectivity index (χ1n) is 10.4. The number of benzene rings is 2. The van der Waals surface area contributed by atoms with Gasteiger partial charge in [-0.3, -0.25) is 0 Å². The zero-order chi connectivity index (χ0) is 21.7. The van der Waals surface area contributed by atoms with Gasteiger partial charge in [0.15, 0.2) is 0 Å². The van der Waals surface area contributed by atoms with Crippen molar-refractivity contribution in [2.75, 3.05) is 26.4 Å². The Kier molecular flexibility index (Phi) is 10.1. The van der Waals surface area contributed by atoms with Gasteiger partial charge in [0.25, 0.3) is 0 Å². The van der Waals surface area contributed by atoms with Gasteiger partial charge >= 0.3 is 5.97 Å². The van der Waals surface area contributed by atoms with Gasteiger partial charge < -0.3 is 19.3 Å². The minimum absolute atomic E-state index is 0.110. The highest BCUT2D eigenvalue weighted by atomic mass is 16.6. The second-order valence-corrected chi connectivity index (χ2v) is 7.51. The van der Waals surface area contributed by atoms with E-state index in [1.54, 1.807) is 6.92 Å². The van der Waals surface area contributed by atoms with Crippen LogP contribution in [0.4, 0.5) is 0 Å². The van der Waals surface area contributed by atoms with Gasteiger partial charge in [0, 0.05) is 12.7 Å². The van der Waals surface area contributed by atoms with Crippen LogP contribution >= 0.6 is 0 Å². The molecule has 0 fully saturated rings. The first kappa shape index (κ1) is 23.6. The van der Waals surface area contributed by atoms with E-state index in [2.05, 4.69) is 30.8 Å². The van der Waals surface area contributed by atoms with Crippen molar-refractivity contribution in [2.24, 2.45) is 0 Å². The summed E-state index contributed by atoms with van der Waals surface area (Å²) < 4.78 is 16.1. The van der Waals surface area contributed by atoms with Crippen molar-refractivity contribution in [3.8, 4) is 16.9 Å². The molecule has 5 nitrogen and oxygen atoms in total. The van der Waals surface area contributed by atoms with Crippen molar-refractivity contribution in [2.45, 2.75) is 38.2 Å². The molecule has 2 aromatic rings. The third kappa shape index (κ3) is 9.25. The van der Waals surface area contributed by atoms with Gasteiger partial charge in [0.05, 0.1) is 13.2 Å². The van der Waals surface area contributed by atoms with Gasteiger partial charge in [-0.25, -0.2) is 4.79 Å². The number of ether oxygens (including phenoxy) is 3. The number of esters is 1. The SMILES string of the molecule is C=CC(=O)OCC(C)(O)COCCCCCCOc1ccc(-c2ccccc2)cc1. The monoisotopic (exact) mass is 412 g/mol. The third-order valence-electron chi connectivity index (χ3n) is 4.52. The van der Waals surface area contributed by atoms with E-state index in [1.165, 1.54) is 11.1 Å². The summed E-state index contributed by atoms with van der Waals surface area (Å²) in [6.45, 7) is 6.16. The Balaban J connectivity index is 1.50. The van der Waals surface area contributed by atoms with E-state index in [-0.39, 0.29) is 13.2 Å². The van der Waals surface area contributed by atoms with E-state index in [9.17, 15) is 9.90 Å². The fraction of sp³-hybridized carbons (Fsp3) is 0.400. The van der Waals surface area contributed by atoms with Crippen molar-refractivity contribution in [3.63, 3.8) is 0 Å².